The highest BCUT2D eigenvalue weighted by Crippen LogP contribution is 2.32. The van der Waals surface area contributed by atoms with Gasteiger partial charge in [-0.15, -0.1) is 0 Å². The molecule has 0 aromatic heterocycles. The first-order valence-electron chi connectivity index (χ1n) is 4.39. The molecule has 1 unspecified atom stereocenters. The Bertz CT molecular complexity index is 162. The van der Waals surface area contributed by atoms with E-state index in [1.165, 1.54) is 0 Å². The normalized spacial score (nSPS) is 50.7. The molecule has 3 atom stereocenters. The molecule has 0 N–H and O–H groups in total. The van der Waals surface area contributed by atoms with Crippen LogP contribution in [0.25, 0.3) is 0 Å². The van der Waals surface area contributed by atoms with Crippen LogP contribution >= 0.6 is 0 Å². The first-order chi connectivity index (χ1) is 5.23. The van der Waals surface area contributed by atoms with Crippen LogP contribution in [0.5, 0.6) is 0 Å². The van der Waals surface area contributed by atoms with Crippen LogP contribution in [0.4, 0.5) is 0 Å². The quantitative estimate of drug-likeness (QED) is 0.386. The Morgan fingerprint density at radius 1 is 1.45 bits per heavy atom. The van der Waals surface area contributed by atoms with Gasteiger partial charge < -0.3 is 14.6 Å². The Hall–Kier alpha value is -0.120. The lowest BCUT2D eigenvalue weighted by Gasteiger charge is -2.51. The van der Waals surface area contributed by atoms with Gasteiger partial charge in [0.25, 0.3) is 0 Å². The third kappa shape index (κ3) is 0.991. The summed E-state index contributed by atoms with van der Waals surface area (Å²) in [6.07, 6.45) is 2.15. The van der Waals surface area contributed by atoms with E-state index in [4.69, 9.17) is 4.74 Å². The second-order valence-electron chi connectivity index (χ2n) is 3.76. The molecule has 0 radical (unpaired) electrons. The van der Waals surface area contributed by atoms with Crippen molar-refractivity contribution in [3.63, 3.8) is 0 Å². The predicted molar refractivity (Wildman–Crippen MR) is 41.8 cm³/mol. The zero-order valence-electron chi connectivity index (χ0n) is 6.95. The van der Waals surface area contributed by atoms with Gasteiger partial charge in [0.1, 0.15) is 12.1 Å². The molecule has 3 nitrogen and oxygen atoms in total. The van der Waals surface area contributed by atoms with Gasteiger partial charge >= 0.3 is 0 Å². The van der Waals surface area contributed by atoms with Gasteiger partial charge in [-0.3, -0.25) is 0 Å². The van der Waals surface area contributed by atoms with E-state index in [1.807, 2.05) is 6.92 Å². The summed E-state index contributed by atoms with van der Waals surface area (Å²) in [6, 6.07) is 0.412. The van der Waals surface area contributed by atoms with Crippen LogP contribution in [0.2, 0.25) is 0 Å². The molecule has 0 aliphatic carbocycles. The lowest BCUT2D eigenvalue weighted by molar-refractivity contribution is -0.923. The molecule has 2 aliphatic heterocycles. The van der Waals surface area contributed by atoms with E-state index < -0.39 is 0 Å². The van der Waals surface area contributed by atoms with Crippen LogP contribution in [0.3, 0.4) is 0 Å². The van der Waals surface area contributed by atoms with E-state index in [0.717, 1.165) is 19.4 Å². The number of quaternary nitrogens is 1. The highest BCUT2D eigenvalue weighted by Gasteiger charge is 2.41. The number of hydrogen-bond donors (Lipinski definition) is 0. The van der Waals surface area contributed by atoms with Crippen molar-refractivity contribution in [2.24, 2.45) is 0 Å². The van der Waals surface area contributed by atoms with E-state index >= 15 is 0 Å². The molecule has 0 saturated carbocycles. The molecule has 0 aromatic carbocycles. The van der Waals surface area contributed by atoms with Gasteiger partial charge in [-0.2, -0.15) is 0 Å². The lowest BCUT2D eigenvalue weighted by atomic mass is 10.1. The monoisotopic (exact) mass is 157 g/mol. The lowest BCUT2D eigenvalue weighted by Crippen LogP contribution is -2.59. The van der Waals surface area contributed by atoms with Crippen molar-refractivity contribution < 1.29 is 9.38 Å². The van der Waals surface area contributed by atoms with Crippen LogP contribution < -0.4 is 0 Å². The summed E-state index contributed by atoms with van der Waals surface area (Å²) in [4.78, 5) is 0. The van der Waals surface area contributed by atoms with Crippen molar-refractivity contribution in [1.82, 2.24) is 0 Å². The molecule has 2 rings (SSSR count). The van der Waals surface area contributed by atoms with Crippen molar-refractivity contribution in [2.75, 3.05) is 19.8 Å². The van der Waals surface area contributed by atoms with Crippen LogP contribution in [0.1, 0.15) is 19.8 Å². The van der Waals surface area contributed by atoms with Crippen molar-refractivity contribution in [2.45, 2.75) is 31.8 Å². The summed E-state index contributed by atoms with van der Waals surface area (Å²) in [5.74, 6) is 0. The molecular formula is C8H15NO2. The largest absolute Gasteiger partial charge is 0.632 e. The molecule has 0 spiro atoms. The smallest absolute Gasteiger partial charge is 0.113 e. The Kier molecular flexibility index (Phi) is 1.67. The van der Waals surface area contributed by atoms with Crippen molar-refractivity contribution in [3.8, 4) is 0 Å². The molecule has 11 heavy (non-hydrogen) atoms. The van der Waals surface area contributed by atoms with Gasteiger partial charge in [0.2, 0.25) is 0 Å². The molecular weight excluding hydrogens is 142 g/mol. The summed E-state index contributed by atoms with van der Waals surface area (Å²) in [6.45, 7) is 4.16. The Morgan fingerprint density at radius 3 is 3.00 bits per heavy atom. The molecule has 0 amide bonds. The number of ether oxygens (including phenoxy) is 1. The maximum Gasteiger partial charge on any atom is 0.113 e. The van der Waals surface area contributed by atoms with Gasteiger partial charge in [0.15, 0.2) is 0 Å². The molecule has 2 saturated heterocycles. The topological polar surface area (TPSA) is 32.3 Å². The Balaban J connectivity index is 2.17. The number of morpholine rings is 1. The van der Waals surface area contributed by atoms with E-state index in [-0.39, 0.29) is 16.7 Å². The highest BCUT2D eigenvalue weighted by atomic mass is 16.6. The van der Waals surface area contributed by atoms with Crippen LogP contribution in [-0.4, -0.2) is 36.5 Å². The fraction of sp³-hybridized carbons (Fsp3) is 1.00. The molecule has 2 fully saturated rings. The molecule has 3 heteroatoms. The van der Waals surface area contributed by atoms with E-state index in [1.54, 1.807) is 0 Å². The number of rotatable bonds is 0. The standard InChI is InChI=1S/C8H15NO2/c1-7-5-11-6-8-3-2-4-9(7,8)10/h7-8H,2-6H2,1H3/t7-,8-,9?/m0/s1. The molecule has 0 aromatic rings. The maximum absolute atomic E-state index is 12.1. The first kappa shape index (κ1) is 7.53. The predicted octanol–water partition coefficient (Wildman–Crippen LogP) is 0.882. The van der Waals surface area contributed by atoms with Crippen LogP contribution in [-0.2, 0) is 4.74 Å². The number of hydroxylamine groups is 3. The van der Waals surface area contributed by atoms with E-state index in [2.05, 4.69) is 0 Å². The highest BCUT2D eigenvalue weighted by molar-refractivity contribution is 4.75. The molecule has 0 bridgehead atoms. The van der Waals surface area contributed by atoms with Crippen molar-refractivity contribution >= 4 is 0 Å². The first-order valence-corrected chi connectivity index (χ1v) is 4.39. The summed E-state index contributed by atoms with van der Waals surface area (Å²) in [5.41, 5.74) is 0. The molecule has 64 valence electrons. The average molecular weight is 157 g/mol. The number of fused-ring (bicyclic) bond motifs is 1. The molecule has 2 aliphatic rings. The SMILES string of the molecule is C[C@H]1COC[C@@H]2CCC[N+]21[O-]. The van der Waals surface area contributed by atoms with Gasteiger partial charge in [0.05, 0.1) is 19.8 Å². The molecule has 2 heterocycles. The summed E-state index contributed by atoms with van der Waals surface area (Å²) < 4.78 is 5.37. The van der Waals surface area contributed by atoms with Gasteiger partial charge in [-0.05, 0) is 6.92 Å². The average Bonchev–Trinajstić information content (AvgIpc) is 2.34. The summed E-state index contributed by atoms with van der Waals surface area (Å²) in [5, 5.41) is 12.1. The third-order valence-electron chi connectivity index (χ3n) is 3.08. The second-order valence-corrected chi connectivity index (χ2v) is 3.76. The Labute approximate surface area is 67.1 Å². The van der Waals surface area contributed by atoms with Crippen molar-refractivity contribution in [3.05, 3.63) is 5.21 Å². The summed E-state index contributed by atoms with van der Waals surface area (Å²) in [7, 11) is 0. The maximum atomic E-state index is 12.1. The third-order valence-corrected chi connectivity index (χ3v) is 3.08. The van der Waals surface area contributed by atoms with Crippen LogP contribution in [0.15, 0.2) is 0 Å². The fourth-order valence-corrected chi connectivity index (χ4v) is 2.27. The number of nitrogens with zero attached hydrogens (tertiary/aromatic N) is 1. The second kappa shape index (κ2) is 2.44. The minimum atomic E-state index is 0.0278. The zero-order chi connectivity index (χ0) is 7.90. The minimum absolute atomic E-state index is 0.0278. The summed E-state index contributed by atoms with van der Waals surface area (Å²) >= 11 is 0. The fourth-order valence-electron chi connectivity index (χ4n) is 2.27. The zero-order valence-corrected chi connectivity index (χ0v) is 6.95. The van der Waals surface area contributed by atoms with Gasteiger partial charge in [0, 0.05) is 12.8 Å². The van der Waals surface area contributed by atoms with Gasteiger partial charge in [-0.25, -0.2) is 0 Å². The van der Waals surface area contributed by atoms with Crippen molar-refractivity contribution in [1.29, 1.82) is 0 Å². The Morgan fingerprint density at radius 2 is 2.27 bits per heavy atom. The van der Waals surface area contributed by atoms with Crippen LogP contribution in [0, 0.1) is 5.21 Å². The number of hydrogen-bond acceptors (Lipinski definition) is 2. The van der Waals surface area contributed by atoms with E-state index in [0.29, 0.717) is 13.2 Å². The van der Waals surface area contributed by atoms with Gasteiger partial charge in [-0.1, -0.05) is 0 Å². The van der Waals surface area contributed by atoms with E-state index in [9.17, 15) is 5.21 Å². The minimum Gasteiger partial charge on any atom is -0.632 e.